The average Bonchev–Trinajstić information content (AvgIpc) is 3.27. The van der Waals surface area contributed by atoms with Gasteiger partial charge in [0.25, 0.3) is 0 Å². The molecule has 0 atom stereocenters. The van der Waals surface area contributed by atoms with Crippen LogP contribution in [0.1, 0.15) is 5.56 Å². The Bertz CT molecular complexity index is 1370. The molecule has 0 aliphatic carbocycles. The molecule has 0 radical (unpaired) electrons. The van der Waals surface area contributed by atoms with Crippen LogP contribution < -0.4 is 9.80 Å². The number of nitrogens with one attached hydrogen (secondary N) is 1. The van der Waals surface area contributed by atoms with Crippen LogP contribution in [0.15, 0.2) is 74.7 Å². The number of benzene rings is 2. The van der Waals surface area contributed by atoms with Crippen molar-refractivity contribution in [2.45, 2.75) is 10.8 Å². The molecule has 1 aliphatic heterocycles. The third-order valence-corrected chi connectivity index (χ3v) is 8.97. The van der Waals surface area contributed by atoms with Crippen molar-refractivity contribution in [1.82, 2.24) is 9.97 Å². The molecule has 3 heterocycles. The van der Waals surface area contributed by atoms with Crippen molar-refractivity contribution in [1.29, 1.82) is 0 Å². The number of nitrogens with zero attached hydrogens (tertiary/aromatic N) is 4. The molecule has 1 aliphatic rings. The third kappa shape index (κ3) is 5.03. The number of aromatic nitrogens is 2. The highest BCUT2D eigenvalue weighted by molar-refractivity contribution is 9.11. The van der Waals surface area contributed by atoms with E-state index in [0.29, 0.717) is 11.3 Å². The summed E-state index contributed by atoms with van der Waals surface area (Å²) in [5.74, 6) is 0.663. The molecule has 5 rings (SSSR count). The monoisotopic (exact) mass is 543 g/mol. The lowest BCUT2D eigenvalue weighted by molar-refractivity contribution is -0.914. The van der Waals surface area contributed by atoms with E-state index in [-0.39, 0.29) is 10.0 Å². The second-order valence-corrected chi connectivity index (χ2v) is 12.2. The van der Waals surface area contributed by atoms with E-state index in [1.165, 1.54) is 10.5 Å². The van der Waals surface area contributed by atoms with Gasteiger partial charge in [-0.25, -0.2) is 13.4 Å². The number of fused-ring (bicyclic) bond motifs is 1. The minimum absolute atomic E-state index is 0.143. The van der Waals surface area contributed by atoms with Crippen molar-refractivity contribution in [3.63, 3.8) is 0 Å². The summed E-state index contributed by atoms with van der Waals surface area (Å²) in [4.78, 5) is 13.0. The van der Waals surface area contributed by atoms with Crippen molar-refractivity contribution in [3.8, 4) is 0 Å². The van der Waals surface area contributed by atoms with Gasteiger partial charge >= 0.3 is 0 Å². The molecular formula is C23H22BrN5O2S2. The summed E-state index contributed by atoms with van der Waals surface area (Å²) in [6, 6.07) is 21.2. The molecule has 0 amide bonds. The van der Waals surface area contributed by atoms with E-state index in [9.17, 15) is 8.42 Å². The fraction of sp³-hybridized carbons (Fsp3) is 0.217. The van der Waals surface area contributed by atoms with Crippen LogP contribution in [-0.2, 0) is 16.6 Å². The molecular weight excluding hydrogens is 522 g/mol. The highest BCUT2D eigenvalue weighted by atomic mass is 79.9. The standard InChI is InChI=1S/C23H21BrN5O2S2/c24-20-10-11-21(32-20)33(30,31)27-22-23(26-19-9-5-4-8-18(19)25-22)29-14-12-28(13-15-29)16-17-6-2-1-3-7-17/h1-11H,12-16H2/q-1/p+1. The van der Waals surface area contributed by atoms with E-state index in [1.807, 2.05) is 30.3 Å². The van der Waals surface area contributed by atoms with Crippen molar-refractivity contribution in [2.75, 3.05) is 31.1 Å². The number of hydrogen-bond donors (Lipinski definition) is 1. The molecule has 0 bridgehead atoms. The minimum atomic E-state index is -3.89. The number of piperazine rings is 1. The van der Waals surface area contributed by atoms with Crippen molar-refractivity contribution in [2.24, 2.45) is 0 Å². The second-order valence-electron chi connectivity index (χ2n) is 7.88. The van der Waals surface area contributed by atoms with Crippen molar-refractivity contribution < 1.29 is 13.3 Å². The Morgan fingerprint density at radius 1 is 0.939 bits per heavy atom. The summed E-state index contributed by atoms with van der Waals surface area (Å²) in [6.45, 7) is 4.32. The van der Waals surface area contributed by atoms with E-state index >= 15 is 0 Å². The van der Waals surface area contributed by atoms with Crippen molar-refractivity contribution in [3.05, 3.63) is 80.8 Å². The summed E-state index contributed by atoms with van der Waals surface area (Å²) >= 11 is 4.45. The lowest BCUT2D eigenvalue weighted by Crippen LogP contribution is -3.13. The first-order valence-electron chi connectivity index (χ1n) is 10.6. The van der Waals surface area contributed by atoms with E-state index in [2.05, 4.69) is 54.8 Å². The van der Waals surface area contributed by atoms with Crippen LogP contribution in [-0.4, -0.2) is 44.6 Å². The lowest BCUT2D eigenvalue weighted by atomic mass is 10.2. The van der Waals surface area contributed by atoms with Crippen molar-refractivity contribution >= 4 is 60.0 Å². The number of anilines is 1. The number of hydrogen-bond acceptors (Lipinski definition) is 6. The number of quaternary nitrogens is 1. The van der Waals surface area contributed by atoms with Gasteiger partial charge < -0.3 is 19.5 Å². The van der Waals surface area contributed by atoms with Crippen LogP contribution in [0, 0.1) is 0 Å². The fourth-order valence-corrected chi connectivity index (χ4v) is 6.87. The van der Waals surface area contributed by atoms with Gasteiger partial charge in [0.05, 0.1) is 35.5 Å². The van der Waals surface area contributed by atoms with Gasteiger partial charge in [-0.3, -0.25) is 0 Å². The second kappa shape index (κ2) is 9.38. The Labute approximate surface area is 205 Å². The first-order chi connectivity index (χ1) is 16.0. The van der Waals surface area contributed by atoms with Crippen LogP contribution in [0.25, 0.3) is 15.8 Å². The molecule has 170 valence electrons. The van der Waals surface area contributed by atoms with Crippen LogP contribution >= 0.6 is 27.3 Å². The molecule has 0 saturated carbocycles. The minimum Gasteiger partial charge on any atom is -0.431 e. The molecule has 1 saturated heterocycles. The maximum absolute atomic E-state index is 13.0. The molecule has 7 nitrogen and oxygen atoms in total. The van der Waals surface area contributed by atoms with Gasteiger partial charge in [-0.2, -0.15) is 0 Å². The SMILES string of the molecule is O=S(=O)([N-]c1nc2ccccc2nc1N1CC[NH+](Cc2ccccc2)CC1)c1ccc(Br)s1. The third-order valence-electron chi connectivity index (χ3n) is 5.61. The molecule has 0 spiro atoms. The summed E-state index contributed by atoms with van der Waals surface area (Å²) in [5.41, 5.74) is 2.66. The summed E-state index contributed by atoms with van der Waals surface area (Å²) in [5, 5.41) is 0. The first-order valence-corrected chi connectivity index (χ1v) is 13.7. The van der Waals surface area contributed by atoms with Crippen LogP contribution in [0.5, 0.6) is 0 Å². The molecule has 10 heteroatoms. The van der Waals surface area contributed by atoms with Gasteiger partial charge in [-0.05, 0) is 45.5 Å². The largest absolute Gasteiger partial charge is 0.431 e. The zero-order valence-electron chi connectivity index (χ0n) is 17.7. The van der Waals surface area contributed by atoms with Gasteiger partial charge in [0.15, 0.2) is 0 Å². The summed E-state index contributed by atoms with van der Waals surface area (Å²) in [7, 11) is -3.89. The molecule has 0 unspecified atom stereocenters. The quantitative estimate of drug-likeness (QED) is 0.400. The highest BCUT2D eigenvalue weighted by Gasteiger charge is 2.23. The van der Waals surface area contributed by atoms with E-state index in [1.54, 1.807) is 12.1 Å². The van der Waals surface area contributed by atoms with Crippen LogP contribution in [0.4, 0.5) is 11.6 Å². The predicted octanol–water partition coefficient (Wildman–Crippen LogP) is 3.75. The molecule has 2 aromatic carbocycles. The first kappa shape index (κ1) is 22.3. The zero-order chi connectivity index (χ0) is 22.8. The van der Waals surface area contributed by atoms with E-state index in [4.69, 9.17) is 4.98 Å². The smallest absolute Gasteiger partial charge is 0.212 e. The molecule has 1 fully saturated rings. The Morgan fingerprint density at radius 2 is 1.61 bits per heavy atom. The predicted molar refractivity (Wildman–Crippen MR) is 135 cm³/mol. The Hall–Kier alpha value is -2.53. The molecule has 1 N–H and O–H groups in total. The highest BCUT2D eigenvalue weighted by Crippen LogP contribution is 2.37. The lowest BCUT2D eigenvalue weighted by Gasteiger charge is -2.35. The number of rotatable bonds is 6. The summed E-state index contributed by atoms with van der Waals surface area (Å²) < 4.78 is 31.0. The summed E-state index contributed by atoms with van der Waals surface area (Å²) in [6.07, 6.45) is 0. The number of thiophene rings is 1. The number of halogens is 1. The van der Waals surface area contributed by atoms with Crippen LogP contribution in [0.2, 0.25) is 0 Å². The average molecular weight is 545 g/mol. The molecule has 2 aromatic heterocycles. The van der Waals surface area contributed by atoms with E-state index in [0.717, 1.165) is 53.4 Å². The Kier molecular flexibility index (Phi) is 6.33. The number of sulfonamides is 1. The molecule has 4 aromatic rings. The van der Waals surface area contributed by atoms with Gasteiger partial charge in [-0.15, -0.1) is 11.3 Å². The topological polar surface area (TPSA) is 81.7 Å². The van der Waals surface area contributed by atoms with Gasteiger partial charge in [0.2, 0.25) is 10.0 Å². The van der Waals surface area contributed by atoms with Gasteiger partial charge in [0, 0.05) is 5.56 Å². The van der Waals surface area contributed by atoms with E-state index < -0.39 is 10.0 Å². The zero-order valence-corrected chi connectivity index (χ0v) is 20.9. The Morgan fingerprint density at radius 3 is 2.27 bits per heavy atom. The Balaban J connectivity index is 1.41. The normalized spacial score (nSPS) is 15.1. The maximum Gasteiger partial charge on any atom is 0.212 e. The van der Waals surface area contributed by atoms with Crippen LogP contribution in [0.3, 0.4) is 0 Å². The fourth-order valence-electron chi connectivity index (χ4n) is 3.95. The van der Waals surface area contributed by atoms with Gasteiger partial charge in [-0.1, -0.05) is 48.5 Å². The number of para-hydroxylation sites is 2. The maximum atomic E-state index is 13.0. The van der Waals surface area contributed by atoms with Gasteiger partial charge in [0.1, 0.15) is 16.6 Å². The molecule has 33 heavy (non-hydrogen) atoms.